The van der Waals surface area contributed by atoms with E-state index in [1.54, 1.807) is 19.4 Å². The first-order valence-corrected chi connectivity index (χ1v) is 50.8. The summed E-state index contributed by atoms with van der Waals surface area (Å²) in [6, 6.07) is 92.0. The van der Waals surface area contributed by atoms with Crippen molar-refractivity contribution >= 4 is 74.1 Å². The number of hydrogen-bond acceptors (Lipinski definition) is 23. The summed E-state index contributed by atoms with van der Waals surface area (Å²) in [5.41, 5.74) is 6.01. The number of H-pyrrole nitrogens is 1. The zero-order valence-electron chi connectivity index (χ0n) is 78.7. The van der Waals surface area contributed by atoms with Crippen molar-refractivity contribution < 1.29 is 63.3 Å². The van der Waals surface area contributed by atoms with E-state index in [9.17, 15) is 31.2 Å². The summed E-state index contributed by atoms with van der Waals surface area (Å²) >= 11 is 4.30. The van der Waals surface area contributed by atoms with Gasteiger partial charge in [0.15, 0.2) is 17.5 Å². The molecular weight excluding hydrogens is 1880 g/mol. The molecule has 136 heavy (non-hydrogen) atoms. The Kier molecular flexibility index (Phi) is 41.0. The largest absolute Gasteiger partial charge is 0.350 e. The predicted molar refractivity (Wildman–Crippen MR) is 529 cm³/mol. The van der Waals surface area contributed by atoms with Crippen molar-refractivity contribution in [1.29, 1.82) is 0 Å². The summed E-state index contributed by atoms with van der Waals surface area (Å²) in [5, 5.41) is 42.4. The maximum atomic E-state index is 14.1. The van der Waals surface area contributed by atoms with Crippen LogP contribution in [0.2, 0.25) is 0 Å². The van der Waals surface area contributed by atoms with Crippen molar-refractivity contribution in [2.24, 2.45) is 0 Å². The molecule has 3 fully saturated rings. The molecule has 4 N–H and O–H groups in total. The van der Waals surface area contributed by atoms with Gasteiger partial charge in [-0.1, -0.05) is 294 Å². The van der Waals surface area contributed by atoms with Gasteiger partial charge in [-0.05, 0) is 182 Å². The fourth-order valence-corrected chi connectivity index (χ4v) is 20.6. The average Bonchev–Trinajstić information content (AvgIpc) is 1.17. The molecule has 12 aromatic rings. The second-order valence-corrected chi connectivity index (χ2v) is 39.6. The standard InChI is InChI=1S/2C33H41N7O3S.C30H34N6O.C3H8BrNO2S.BF.V/c1-38(2)31(41)33(28-15-9-5-10-16-28,29-17-11-6-12-18-29)21-25-39-23-19-32(20-24-39,27-13-7-4-8-14-27)30-35-36-37-40(30)26-22-34-44(3,42)43;1-38(2)31(41)33(28-15-9-5-10-16-28,29-17-11-6-12-18-29)21-25-39-23-19-32(20-24-39,27-13-7-4-8-14-27)30-35-37-40(36-30)26-22-34-44(3,42)43;1-35(2)28(37)30(25-14-8-4-9-15-25,26-16-10-5-11-17-26)20-23-36-21-18-29(19-22-36,27-31-33-34-32-27)24-12-6-3-7-13-24;1-6-7-8-5-3-2-4;1-2;/h2*4-18,34H,19-26H2,1-3H3;3-17H,18-23H2,1-2H3,(H,31,32,33,34);5H,2-3H2,1H3;;. The minimum Gasteiger partial charge on any atom is -0.350 e. The van der Waals surface area contributed by atoms with E-state index in [0.29, 0.717) is 31.6 Å². The van der Waals surface area contributed by atoms with Crippen molar-refractivity contribution in [1.82, 2.24) is 105 Å². The number of carbonyl (C=O) groups is 3. The molecule has 3 aliphatic heterocycles. The minimum atomic E-state index is -3.33. The first-order valence-electron chi connectivity index (χ1n) is 45.1. The number of aromatic nitrogens is 12. The van der Waals surface area contributed by atoms with Gasteiger partial charge in [-0.2, -0.15) is 10.0 Å². The molecule has 3 saturated heterocycles. The molecule has 15 rings (SSSR count). The van der Waals surface area contributed by atoms with Gasteiger partial charge in [0.1, 0.15) is 28.5 Å². The number of sulfonamides is 2. The van der Waals surface area contributed by atoms with E-state index in [0.717, 1.165) is 190 Å². The van der Waals surface area contributed by atoms with Gasteiger partial charge < -0.3 is 33.7 Å². The molecule has 6 heterocycles. The molecule has 0 atom stereocenters. The van der Waals surface area contributed by atoms with E-state index in [1.165, 1.54) is 17.5 Å². The van der Waals surface area contributed by atoms with Crippen molar-refractivity contribution in [3.63, 3.8) is 0 Å². The average molecular weight is 2010 g/mol. The SMILES string of the molecule is CN(C)C(=O)C(CCN1CCC(c2ccccc2)(c2nn[nH]n2)CC1)(c1ccccc1)c1ccccc1.CN(C)C(=O)C(CCN1CCC(c2ccccc2)(c2nnn(CCNS(C)(=O)=O)n2)CC1)(c1ccccc1)c1ccccc1.CN(C)C(=O)C(CCN1CCC(c2ccccc2)(c2nnnn2CCNS(C)(=O)=O)CC1)(c1ccccc1)c1ccccc1.COOSNCCBr.[B]F.[V]. The molecular formula is C99H124BBrFN21O9S3V. The third-order valence-electron chi connectivity index (χ3n) is 25.8. The number of nitrogens with zero attached hydrogens (tertiary/aromatic N) is 17. The third-order valence-corrected chi connectivity index (χ3v) is 28.1. The van der Waals surface area contributed by atoms with Crippen molar-refractivity contribution in [2.75, 3.05) is 146 Å². The number of carbonyl (C=O) groups excluding carboxylic acids is 3. The maximum Gasteiger partial charge on any atom is 0.350 e. The second-order valence-electron chi connectivity index (χ2n) is 34.5. The Labute approximate surface area is 825 Å². The van der Waals surface area contributed by atoms with E-state index in [4.69, 9.17) is 9.41 Å². The van der Waals surface area contributed by atoms with Crippen LogP contribution in [-0.2, 0) is 108 Å². The molecule has 0 unspecified atom stereocenters. The molecule has 30 nitrogen and oxygen atoms in total. The quantitative estimate of drug-likeness (QED) is 0.00534. The van der Waals surface area contributed by atoms with E-state index in [2.05, 4.69) is 230 Å². The molecule has 0 bridgehead atoms. The van der Waals surface area contributed by atoms with Crippen LogP contribution in [0.25, 0.3) is 0 Å². The van der Waals surface area contributed by atoms with Gasteiger partial charge in [0, 0.05) is 85.8 Å². The zero-order valence-corrected chi connectivity index (χ0v) is 84.2. The first-order chi connectivity index (χ1) is 65.3. The number of halogens is 2. The number of amides is 3. The molecule has 0 aliphatic carbocycles. The summed E-state index contributed by atoms with van der Waals surface area (Å²) in [6.45, 7) is 9.11. The zero-order chi connectivity index (χ0) is 96.4. The Morgan fingerprint density at radius 1 is 0.441 bits per heavy atom. The van der Waals surface area contributed by atoms with E-state index < -0.39 is 47.1 Å². The van der Waals surface area contributed by atoms with Crippen molar-refractivity contribution in [2.45, 2.75) is 103 Å². The Hall–Kier alpha value is -10.4. The van der Waals surface area contributed by atoms with Gasteiger partial charge in [0.05, 0.1) is 49.0 Å². The fraction of sp³-hybridized carbons (Fsp3) is 0.394. The molecule has 3 aromatic heterocycles. The third kappa shape index (κ3) is 26.9. The Morgan fingerprint density at radius 3 is 1.05 bits per heavy atom. The first kappa shape index (κ1) is 108. The van der Waals surface area contributed by atoms with Gasteiger partial charge >= 0.3 is 8.12 Å². The molecule has 719 valence electrons. The van der Waals surface area contributed by atoms with Crippen LogP contribution >= 0.6 is 28.2 Å². The number of tetrazole rings is 3. The number of hydrogen-bond donors (Lipinski definition) is 4. The number of likely N-dealkylation sites (tertiary alicyclic amines) is 3. The molecule has 0 saturated carbocycles. The van der Waals surface area contributed by atoms with Gasteiger partial charge in [0.25, 0.3) is 0 Å². The number of piperidine rings is 3. The van der Waals surface area contributed by atoms with E-state index in [1.807, 2.05) is 194 Å². The Balaban J connectivity index is 0.000000200. The summed E-state index contributed by atoms with van der Waals surface area (Å²) < 4.78 is 69.3. The summed E-state index contributed by atoms with van der Waals surface area (Å²) in [5.74, 6) is 2.37. The van der Waals surface area contributed by atoms with Crippen molar-refractivity contribution in [3.8, 4) is 0 Å². The van der Waals surface area contributed by atoms with Gasteiger partial charge in [-0.3, -0.25) is 14.4 Å². The molecule has 3 aliphatic rings. The molecule has 3 amide bonds. The number of alkyl halides is 1. The summed E-state index contributed by atoms with van der Waals surface area (Å²) in [4.78, 5) is 60.4. The molecule has 0 spiro atoms. The number of aromatic amines is 1. The fourth-order valence-electron chi connectivity index (χ4n) is 19.0. The monoisotopic (exact) mass is 2010 g/mol. The summed E-state index contributed by atoms with van der Waals surface area (Å²) in [6.07, 6.45) is 9.15. The number of likely N-dealkylation sites (N-methyl/N-ethyl adjacent to an activating group) is 3. The predicted octanol–water partition coefficient (Wildman–Crippen LogP) is 11.3. The summed E-state index contributed by atoms with van der Waals surface area (Å²) in [7, 11) is 8.85. The Morgan fingerprint density at radius 2 is 0.750 bits per heavy atom. The van der Waals surface area contributed by atoms with Crippen LogP contribution in [0, 0.1) is 0 Å². The normalized spacial score (nSPS) is 15.0. The smallest absolute Gasteiger partial charge is 0.350 e. The van der Waals surface area contributed by atoms with Crippen LogP contribution < -0.4 is 14.2 Å². The van der Waals surface area contributed by atoms with E-state index >= 15 is 0 Å². The number of nitrogens with one attached hydrogen (secondary N) is 4. The van der Waals surface area contributed by atoms with Crippen LogP contribution in [0.3, 0.4) is 0 Å². The maximum absolute atomic E-state index is 14.1. The Bertz CT molecular complexity index is 5660. The van der Waals surface area contributed by atoms with Crippen LogP contribution in [-0.4, -0.2) is 279 Å². The van der Waals surface area contributed by atoms with Crippen LogP contribution in [0.5, 0.6) is 0 Å². The van der Waals surface area contributed by atoms with Gasteiger partial charge in [-0.25, -0.2) is 40.6 Å². The van der Waals surface area contributed by atoms with Crippen LogP contribution in [0.15, 0.2) is 273 Å². The van der Waals surface area contributed by atoms with Gasteiger partial charge in [0.2, 0.25) is 37.8 Å². The van der Waals surface area contributed by atoms with E-state index in [-0.39, 0.29) is 61.3 Å². The van der Waals surface area contributed by atoms with Crippen LogP contribution in [0.1, 0.15) is 125 Å². The van der Waals surface area contributed by atoms with Crippen molar-refractivity contribution in [3.05, 3.63) is 341 Å². The van der Waals surface area contributed by atoms with Gasteiger partial charge in [-0.15, -0.1) is 29.8 Å². The molecule has 37 heteroatoms. The minimum absolute atomic E-state index is 0. The number of rotatable bonds is 37. The topological polar surface area (TPSA) is 335 Å². The number of benzene rings is 9. The van der Waals surface area contributed by atoms with Crippen LogP contribution in [0.4, 0.5) is 4.32 Å². The molecule has 9 aromatic carbocycles. The second kappa shape index (κ2) is 51.8. The molecule has 3 radical (unpaired) electrons.